The second kappa shape index (κ2) is 15.5. The van der Waals surface area contributed by atoms with E-state index in [4.69, 9.17) is 16.6 Å². The molecule has 0 bridgehead atoms. The fraction of sp³-hybridized carbons (Fsp3) is 0.636. The number of hydrogen-bond donors (Lipinski definition) is 8. The number of carbonyl (C=O) groups is 5. The Morgan fingerprint density at radius 1 is 0.944 bits per heavy atom. The van der Waals surface area contributed by atoms with Crippen LogP contribution in [-0.2, 0) is 30.4 Å². The Morgan fingerprint density at radius 3 is 2.08 bits per heavy atom. The van der Waals surface area contributed by atoms with Crippen LogP contribution in [0.4, 0.5) is 0 Å². The molecule has 0 aliphatic heterocycles. The van der Waals surface area contributed by atoms with E-state index in [2.05, 4.69) is 25.9 Å². The number of aromatic nitrogens is 2. The van der Waals surface area contributed by atoms with Crippen LogP contribution in [0.25, 0.3) is 0 Å². The summed E-state index contributed by atoms with van der Waals surface area (Å²) in [6.07, 6.45) is 3.30. The maximum atomic E-state index is 13.1. The van der Waals surface area contributed by atoms with Crippen LogP contribution in [-0.4, -0.2) is 80.6 Å². The number of amides is 3. The molecule has 0 fully saturated rings. The van der Waals surface area contributed by atoms with E-state index in [1.54, 1.807) is 13.8 Å². The molecule has 4 unspecified atom stereocenters. The van der Waals surface area contributed by atoms with Gasteiger partial charge in [0, 0.05) is 24.7 Å². The first kappa shape index (κ1) is 30.5. The SMILES string of the molecule is CC(C)C(N)C(=O)NC(CCC(=O)O)C(=O)NC(Cc1cnc[nH]1)C(=O)NC(CCCCN)C(=O)O. The van der Waals surface area contributed by atoms with Crippen molar-refractivity contribution >= 4 is 29.7 Å². The average molecular weight is 512 g/mol. The molecule has 10 N–H and O–H groups in total. The zero-order valence-electron chi connectivity index (χ0n) is 20.5. The van der Waals surface area contributed by atoms with Gasteiger partial charge in [0.1, 0.15) is 18.1 Å². The number of carboxylic acid groups (broad SMARTS) is 2. The van der Waals surface area contributed by atoms with Gasteiger partial charge in [-0.3, -0.25) is 19.2 Å². The lowest BCUT2D eigenvalue weighted by Gasteiger charge is -2.25. The molecule has 0 saturated heterocycles. The number of nitrogens with zero attached hydrogens (tertiary/aromatic N) is 1. The topological polar surface area (TPSA) is 243 Å². The molecular weight excluding hydrogens is 474 g/mol. The molecule has 4 atom stereocenters. The molecule has 14 nitrogen and oxygen atoms in total. The summed E-state index contributed by atoms with van der Waals surface area (Å²) in [6, 6.07) is -4.65. The molecule has 1 aromatic heterocycles. The van der Waals surface area contributed by atoms with Gasteiger partial charge in [-0.2, -0.15) is 0 Å². The molecule has 14 heteroatoms. The second-order valence-electron chi connectivity index (χ2n) is 8.79. The Kier molecular flexibility index (Phi) is 13.1. The minimum atomic E-state index is -1.28. The average Bonchev–Trinajstić information content (AvgIpc) is 3.32. The molecule has 0 spiro atoms. The van der Waals surface area contributed by atoms with Crippen LogP contribution in [0.3, 0.4) is 0 Å². The fourth-order valence-corrected chi connectivity index (χ4v) is 3.23. The van der Waals surface area contributed by atoms with Crippen molar-refractivity contribution in [1.29, 1.82) is 0 Å². The van der Waals surface area contributed by atoms with E-state index in [9.17, 15) is 29.1 Å². The lowest BCUT2D eigenvalue weighted by molar-refractivity contribution is -0.142. The van der Waals surface area contributed by atoms with E-state index < -0.39 is 60.2 Å². The normalized spacial score (nSPS) is 14.4. The minimum absolute atomic E-state index is 0.0577. The summed E-state index contributed by atoms with van der Waals surface area (Å²) in [7, 11) is 0. The van der Waals surface area contributed by atoms with Crippen LogP contribution >= 0.6 is 0 Å². The number of nitrogens with two attached hydrogens (primary N) is 2. The first-order valence-electron chi connectivity index (χ1n) is 11.7. The summed E-state index contributed by atoms with van der Waals surface area (Å²) in [5.74, 6) is -4.87. The Bertz CT molecular complexity index is 876. The molecule has 0 aliphatic rings. The number of carboxylic acids is 2. The third-order valence-electron chi connectivity index (χ3n) is 5.47. The third kappa shape index (κ3) is 10.8. The lowest BCUT2D eigenvalue weighted by Crippen LogP contribution is -2.58. The highest BCUT2D eigenvalue weighted by atomic mass is 16.4. The first-order chi connectivity index (χ1) is 17.0. The summed E-state index contributed by atoms with van der Waals surface area (Å²) in [5.41, 5.74) is 11.8. The fourth-order valence-electron chi connectivity index (χ4n) is 3.23. The Balaban J connectivity index is 3.06. The molecule has 1 rings (SSSR count). The Labute approximate surface area is 209 Å². The predicted octanol–water partition coefficient (Wildman–Crippen LogP) is -1.53. The van der Waals surface area contributed by atoms with Crippen LogP contribution in [0, 0.1) is 5.92 Å². The molecule has 202 valence electrons. The van der Waals surface area contributed by atoms with Gasteiger partial charge in [0.15, 0.2) is 0 Å². The number of aliphatic carboxylic acids is 2. The van der Waals surface area contributed by atoms with Crippen molar-refractivity contribution in [2.45, 2.75) is 76.5 Å². The monoisotopic (exact) mass is 511 g/mol. The molecule has 0 aromatic carbocycles. The van der Waals surface area contributed by atoms with Gasteiger partial charge >= 0.3 is 11.9 Å². The highest BCUT2D eigenvalue weighted by molar-refractivity contribution is 5.94. The number of hydrogen-bond acceptors (Lipinski definition) is 8. The van der Waals surface area contributed by atoms with Crippen LogP contribution in [0.5, 0.6) is 0 Å². The van der Waals surface area contributed by atoms with E-state index in [0.29, 0.717) is 25.1 Å². The van der Waals surface area contributed by atoms with E-state index in [0.717, 1.165) is 0 Å². The standard InChI is InChI=1S/C22H37N7O7/c1-12(2)18(24)21(34)27-14(6-7-17(30)31)19(32)29-16(9-13-10-25-11-26-13)20(33)28-15(22(35)36)5-3-4-8-23/h10-12,14-16,18H,3-9,23-24H2,1-2H3,(H,25,26)(H,27,34)(H,28,33)(H,29,32)(H,30,31)(H,35,36). The number of imidazole rings is 1. The van der Waals surface area contributed by atoms with E-state index in [1.165, 1.54) is 12.5 Å². The van der Waals surface area contributed by atoms with Crippen molar-refractivity contribution in [3.8, 4) is 0 Å². The van der Waals surface area contributed by atoms with Crippen molar-refractivity contribution < 1.29 is 34.2 Å². The van der Waals surface area contributed by atoms with Crippen LogP contribution in [0.2, 0.25) is 0 Å². The molecule has 1 heterocycles. The Hall–Kier alpha value is -3.52. The minimum Gasteiger partial charge on any atom is -0.481 e. The largest absolute Gasteiger partial charge is 0.481 e. The van der Waals surface area contributed by atoms with E-state index in [1.807, 2.05) is 0 Å². The summed E-state index contributed by atoms with van der Waals surface area (Å²) in [5, 5.41) is 25.9. The quantitative estimate of drug-likeness (QED) is 0.112. The van der Waals surface area contributed by atoms with Gasteiger partial charge in [-0.05, 0) is 38.1 Å². The van der Waals surface area contributed by atoms with Crippen molar-refractivity contribution in [3.05, 3.63) is 18.2 Å². The predicted molar refractivity (Wildman–Crippen MR) is 128 cm³/mol. The summed E-state index contributed by atoms with van der Waals surface area (Å²) < 4.78 is 0. The molecular formula is C22H37N7O7. The number of rotatable bonds is 17. The van der Waals surface area contributed by atoms with E-state index >= 15 is 0 Å². The van der Waals surface area contributed by atoms with Gasteiger partial charge in [-0.15, -0.1) is 0 Å². The number of aromatic amines is 1. The van der Waals surface area contributed by atoms with Gasteiger partial charge in [0.2, 0.25) is 17.7 Å². The van der Waals surface area contributed by atoms with Crippen LogP contribution < -0.4 is 27.4 Å². The summed E-state index contributed by atoms with van der Waals surface area (Å²) >= 11 is 0. The van der Waals surface area contributed by atoms with Gasteiger partial charge in [0.05, 0.1) is 12.4 Å². The zero-order chi connectivity index (χ0) is 27.3. The smallest absolute Gasteiger partial charge is 0.326 e. The first-order valence-corrected chi connectivity index (χ1v) is 11.7. The van der Waals surface area contributed by atoms with Gasteiger partial charge in [-0.25, -0.2) is 9.78 Å². The highest BCUT2D eigenvalue weighted by Crippen LogP contribution is 2.07. The molecule has 1 aromatic rings. The molecule has 0 radical (unpaired) electrons. The van der Waals surface area contributed by atoms with E-state index in [-0.39, 0.29) is 25.2 Å². The lowest BCUT2D eigenvalue weighted by atomic mass is 10.0. The maximum absolute atomic E-state index is 13.1. The second-order valence-corrected chi connectivity index (χ2v) is 8.79. The summed E-state index contributed by atoms with van der Waals surface area (Å²) in [6.45, 7) is 3.81. The molecule has 0 aliphatic carbocycles. The Morgan fingerprint density at radius 2 is 1.56 bits per heavy atom. The van der Waals surface area contributed by atoms with Gasteiger partial charge in [0.25, 0.3) is 0 Å². The number of H-pyrrole nitrogens is 1. The number of nitrogens with one attached hydrogen (secondary N) is 4. The van der Waals surface area contributed by atoms with Crippen LogP contribution in [0.1, 0.15) is 51.6 Å². The molecule has 36 heavy (non-hydrogen) atoms. The van der Waals surface area contributed by atoms with Gasteiger partial charge < -0.3 is 42.6 Å². The third-order valence-corrected chi connectivity index (χ3v) is 5.47. The van der Waals surface area contributed by atoms with Gasteiger partial charge in [-0.1, -0.05) is 13.8 Å². The van der Waals surface area contributed by atoms with Crippen molar-refractivity contribution in [3.63, 3.8) is 0 Å². The summed E-state index contributed by atoms with van der Waals surface area (Å²) in [4.78, 5) is 67.9. The highest BCUT2D eigenvalue weighted by Gasteiger charge is 2.31. The zero-order valence-corrected chi connectivity index (χ0v) is 20.5. The molecule has 3 amide bonds. The van der Waals surface area contributed by atoms with Crippen LogP contribution in [0.15, 0.2) is 12.5 Å². The number of carbonyl (C=O) groups excluding carboxylic acids is 3. The molecule has 0 saturated carbocycles. The van der Waals surface area contributed by atoms with Crippen molar-refractivity contribution in [2.75, 3.05) is 6.54 Å². The maximum Gasteiger partial charge on any atom is 0.326 e. The van der Waals surface area contributed by atoms with Crippen molar-refractivity contribution in [2.24, 2.45) is 17.4 Å². The van der Waals surface area contributed by atoms with Crippen molar-refractivity contribution in [1.82, 2.24) is 25.9 Å². The number of unbranched alkanes of at least 4 members (excludes halogenated alkanes) is 1.